The lowest BCUT2D eigenvalue weighted by Gasteiger charge is -2.11. The monoisotopic (exact) mass is 445 g/mol. The lowest BCUT2D eigenvalue weighted by atomic mass is 10.2. The fourth-order valence-electron chi connectivity index (χ4n) is 2.73. The average molecular weight is 445 g/mol. The number of rotatable bonds is 8. The number of urea groups is 1. The first-order valence-corrected chi connectivity index (χ1v) is 10.6. The van der Waals surface area contributed by atoms with Crippen LogP contribution >= 0.6 is 11.8 Å². The molecule has 2 N–H and O–H groups in total. The molecule has 1 heterocycles. The molecule has 0 saturated heterocycles. The van der Waals surface area contributed by atoms with Crippen LogP contribution in [0.4, 0.5) is 13.6 Å². The van der Waals surface area contributed by atoms with Crippen LogP contribution in [0.5, 0.6) is 0 Å². The molecular formula is C21H21F2N5O2S. The van der Waals surface area contributed by atoms with E-state index in [2.05, 4.69) is 20.8 Å². The Morgan fingerprint density at radius 2 is 1.87 bits per heavy atom. The number of amides is 3. The van der Waals surface area contributed by atoms with Crippen LogP contribution in [-0.2, 0) is 4.79 Å². The van der Waals surface area contributed by atoms with Gasteiger partial charge in [0.1, 0.15) is 11.6 Å². The highest BCUT2D eigenvalue weighted by Gasteiger charge is 2.20. The minimum atomic E-state index is -0.793. The Hall–Kier alpha value is -3.27. The molecule has 2 aromatic carbocycles. The van der Waals surface area contributed by atoms with Crippen molar-refractivity contribution < 1.29 is 18.4 Å². The van der Waals surface area contributed by atoms with Crippen LogP contribution in [-0.4, -0.2) is 39.0 Å². The van der Waals surface area contributed by atoms with Gasteiger partial charge in [0, 0.05) is 18.2 Å². The van der Waals surface area contributed by atoms with Gasteiger partial charge in [-0.2, -0.15) is 0 Å². The Morgan fingerprint density at radius 1 is 1.10 bits per heavy atom. The van der Waals surface area contributed by atoms with Gasteiger partial charge in [0.25, 0.3) is 0 Å². The second kappa shape index (κ2) is 10.7. The number of nitrogens with one attached hydrogen (secondary N) is 2. The minimum absolute atomic E-state index is 0.0467. The van der Waals surface area contributed by atoms with Crippen LogP contribution in [0, 0.1) is 11.6 Å². The number of benzene rings is 2. The molecule has 0 spiro atoms. The van der Waals surface area contributed by atoms with E-state index in [1.165, 1.54) is 10.6 Å². The standard InChI is InChI=1S/C21H21F2N5O2S/c1-2-3-11-24-20(30)25-18(29)13-31-21-27-26-19(14-7-5-4-6-8-14)28(21)17-10-9-15(22)12-16(17)23/h4-10,12H,2-3,11,13H2,1H3,(H2,24,25,29,30). The van der Waals surface area contributed by atoms with Crippen LogP contribution < -0.4 is 10.6 Å². The molecule has 3 amide bonds. The highest BCUT2D eigenvalue weighted by molar-refractivity contribution is 7.99. The zero-order chi connectivity index (χ0) is 22.2. The van der Waals surface area contributed by atoms with Crippen molar-refractivity contribution in [1.82, 2.24) is 25.4 Å². The zero-order valence-electron chi connectivity index (χ0n) is 16.8. The first-order chi connectivity index (χ1) is 15.0. The molecule has 10 heteroatoms. The van der Waals surface area contributed by atoms with Gasteiger partial charge in [-0.1, -0.05) is 55.4 Å². The maximum absolute atomic E-state index is 14.6. The third kappa shape index (κ3) is 5.88. The smallest absolute Gasteiger partial charge is 0.321 e. The van der Waals surface area contributed by atoms with E-state index < -0.39 is 23.6 Å². The topological polar surface area (TPSA) is 88.9 Å². The van der Waals surface area contributed by atoms with Crippen LogP contribution in [0.1, 0.15) is 19.8 Å². The number of carbonyl (C=O) groups excluding carboxylic acids is 2. The summed E-state index contributed by atoms with van der Waals surface area (Å²) in [6, 6.07) is 11.6. The molecule has 1 aromatic heterocycles. The van der Waals surface area contributed by atoms with E-state index >= 15 is 0 Å². The van der Waals surface area contributed by atoms with Gasteiger partial charge in [-0.05, 0) is 18.6 Å². The molecule has 0 bridgehead atoms. The fourth-order valence-corrected chi connectivity index (χ4v) is 3.48. The molecule has 0 aliphatic heterocycles. The van der Waals surface area contributed by atoms with Crippen molar-refractivity contribution >= 4 is 23.7 Å². The van der Waals surface area contributed by atoms with Crippen LogP contribution in [0.25, 0.3) is 17.1 Å². The molecular weight excluding hydrogens is 424 g/mol. The van der Waals surface area contributed by atoms with E-state index in [9.17, 15) is 18.4 Å². The van der Waals surface area contributed by atoms with Crippen molar-refractivity contribution in [3.63, 3.8) is 0 Å². The molecule has 31 heavy (non-hydrogen) atoms. The lowest BCUT2D eigenvalue weighted by molar-refractivity contribution is -0.117. The van der Waals surface area contributed by atoms with E-state index in [1.807, 2.05) is 13.0 Å². The Balaban J connectivity index is 1.81. The summed E-state index contributed by atoms with van der Waals surface area (Å²) in [5.74, 6) is -1.84. The molecule has 0 aliphatic carbocycles. The van der Waals surface area contributed by atoms with Gasteiger partial charge >= 0.3 is 6.03 Å². The van der Waals surface area contributed by atoms with E-state index in [0.717, 1.165) is 36.7 Å². The van der Waals surface area contributed by atoms with Crippen LogP contribution in [0.15, 0.2) is 53.7 Å². The minimum Gasteiger partial charge on any atom is -0.338 e. The first kappa shape index (κ1) is 22.4. The number of hydrogen-bond donors (Lipinski definition) is 2. The number of thioether (sulfide) groups is 1. The van der Waals surface area contributed by atoms with Crippen molar-refractivity contribution in [3.05, 3.63) is 60.2 Å². The molecule has 0 radical (unpaired) electrons. The van der Waals surface area contributed by atoms with Gasteiger partial charge in [-0.3, -0.25) is 14.7 Å². The van der Waals surface area contributed by atoms with Gasteiger partial charge in [0.15, 0.2) is 11.0 Å². The zero-order valence-corrected chi connectivity index (χ0v) is 17.6. The summed E-state index contributed by atoms with van der Waals surface area (Å²) in [7, 11) is 0. The van der Waals surface area contributed by atoms with Crippen LogP contribution in [0.3, 0.4) is 0 Å². The number of halogens is 2. The summed E-state index contributed by atoms with van der Waals surface area (Å²) in [5.41, 5.74) is 0.718. The number of imide groups is 1. The van der Waals surface area contributed by atoms with E-state index in [1.54, 1.807) is 24.3 Å². The largest absolute Gasteiger partial charge is 0.338 e. The quantitative estimate of drug-likeness (QED) is 0.405. The van der Waals surface area contributed by atoms with E-state index in [4.69, 9.17) is 0 Å². The van der Waals surface area contributed by atoms with Gasteiger partial charge < -0.3 is 5.32 Å². The number of hydrogen-bond acceptors (Lipinski definition) is 5. The highest BCUT2D eigenvalue weighted by atomic mass is 32.2. The molecule has 0 atom stereocenters. The Bertz CT molecular complexity index is 1060. The number of carbonyl (C=O) groups is 2. The molecule has 7 nitrogen and oxygen atoms in total. The predicted molar refractivity (Wildman–Crippen MR) is 114 cm³/mol. The number of nitrogens with zero attached hydrogens (tertiary/aromatic N) is 3. The Labute approximate surface area is 182 Å². The summed E-state index contributed by atoms with van der Waals surface area (Å²) >= 11 is 0.986. The molecule has 3 rings (SSSR count). The molecule has 0 saturated carbocycles. The second-order valence-corrected chi connectivity index (χ2v) is 7.49. The maximum Gasteiger partial charge on any atom is 0.321 e. The van der Waals surface area contributed by atoms with Crippen molar-refractivity contribution in [2.24, 2.45) is 0 Å². The molecule has 3 aromatic rings. The van der Waals surface area contributed by atoms with Gasteiger partial charge in [-0.15, -0.1) is 10.2 Å². The van der Waals surface area contributed by atoms with Crippen molar-refractivity contribution in [2.45, 2.75) is 24.9 Å². The molecule has 0 unspecified atom stereocenters. The maximum atomic E-state index is 14.6. The summed E-state index contributed by atoms with van der Waals surface area (Å²) < 4.78 is 29.4. The Morgan fingerprint density at radius 3 is 2.58 bits per heavy atom. The number of aromatic nitrogens is 3. The summed E-state index contributed by atoms with van der Waals surface area (Å²) in [4.78, 5) is 23.8. The average Bonchev–Trinajstić information content (AvgIpc) is 3.17. The third-order valence-corrected chi connectivity index (χ3v) is 5.15. The van der Waals surface area contributed by atoms with E-state index in [-0.39, 0.29) is 16.6 Å². The summed E-state index contributed by atoms with van der Waals surface area (Å²) in [6.45, 7) is 2.46. The molecule has 162 valence electrons. The van der Waals surface area contributed by atoms with E-state index in [0.29, 0.717) is 17.9 Å². The summed E-state index contributed by atoms with van der Waals surface area (Å²) in [5, 5.41) is 13.3. The van der Waals surface area contributed by atoms with Gasteiger partial charge in [0.05, 0.1) is 11.4 Å². The highest BCUT2D eigenvalue weighted by Crippen LogP contribution is 2.29. The number of unbranched alkanes of at least 4 members (excludes halogenated alkanes) is 1. The SMILES string of the molecule is CCCCNC(=O)NC(=O)CSc1nnc(-c2ccccc2)n1-c1ccc(F)cc1F. The fraction of sp³-hybridized carbons (Fsp3) is 0.238. The predicted octanol–water partition coefficient (Wildman–Crippen LogP) is 3.93. The van der Waals surface area contributed by atoms with Gasteiger partial charge in [0.2, 0.25) is 5.91 Å². The first-order valence-electron chi connectivity index (χ1n) is 9.66. The normalized spacial score (nSPS) is 10.7. The Kier molecular flexibility index (Phi) is 7.71. The molecule has 0 aliphatic rings. The lowest BCUT2D eigenvalue weighted by Crippen LogP contribution is -2.40. The second-order valence-electron chi connectivity index (χ2n) is 6.55. The third-order valence-electron chi connectivity index (χ3n) is 4.22. The molecule has 0 fully saturated rings. The van der Waals surface area contributed by atoms with Crippen molar-refractivity contribution in [3.8, 4) is 17.1 Å². The van der Waals surface area contributed by atoms with Crippen molar-refractivity contribution in [1.29, 1.82) is 0 Å². The van der Waals surface area contributed by atoms with Gasteiger partial charge in [-0.25, -0.2) is 13.6 Å². The summed E-state index contributed by atoms with van der Waals surface area (Å²) in [6.07, 6.45) is 1.73. The van der Waals surface area contributed by atoms with Crippen LogP contribution in [0.2, 0.25) is 0 Å². The van der Waals surface area contributed by atoms with Crippen molar-refractivity contribution in [2.75, 3.05) is 12.3 Å².